The molecule has 1 heterocycles. The van der Waals surface area contributed by atoms with Crippen molar-refractivity contribution in [3.63, 3.8) is 0 Å². The Labute approximate surface area is 194 Å². The maximum Gasteiger partial charge on any atom is 0.315 e. The first kappa shape index (κ1) is 24.5. The van der Waals surface area contributed by atoms with Crippen molar-refractivity contribution in [3.05, 3.63) is 60.2 Å². The van der Waals surface area contributed by atoms with Crippen molar-refractivity contribution in [2.45, 2.75) is 63.9 Å². The van der Waals surface area contributed by atoms with E-state index in [-0.39, 0.29) is 43.2 Å². The maximum absolute atomic E-state index is 12.4. The van der Waals surface area contributed by atoms with E-state index >= 15 is 0 Å². The highest BCUT2D eigenvalue weighted by Gasteiger charge is 2.32. The van der Waals surface area contributed by atoms with Gasteiger partial charge in [0.2, 0.25) is 5.91 Å². The first-order chi connectivity index (χ1) is 15.9. The Kier molecular flexibility index (Phi) is 9.09. The predicted molar refractivity (Wildman–Crippen MR) is 125 cm³/mol. The summed E-state index contributed by atoms with van der Waals surface area (Å²) in [5.41, 5.74) is 0.960. The Morgan fingerprint density at radius 1 is 1.06 bits per heavy atom. The van der Waals surface area contributed by atoms with Gasteiger partial charge in [0.05, 0.1) is 25.2 Å². The largest absolute Gasteiger partial charge is 0.457 e. The van der Waals surface area contributed by atoms with Crippen molar-refractivity contribution in [1.29, 1.82) is 0 Å². The van der Waals surface area contributed by atoms with Crippen molar-refractivity contribution >= 4 is 11.9 Å². The Morgan fingerprint density at radius 2 is 1.76 bits per heavy atom. The van der Waals surface area contributed by atoms with Crippen molar-refractivity contribution in [1.82, 2.24) is 16.0 Å². The molecule has 0 bridgehead atoms. The molecule has 3 rings (SSSR count). The average Bonchev–Trinajstić information content (AvgIpc) is 2.80. The minimum absolute atomic E-state index is 0.0196. The summed E-state index contributed by atoms with van der Waals surface area (Å²) in [5.74, 6) is 1.38. The number of aliphatic hydroxyl groups excluding tert-OH is 1. The molecule has 3 atom stereocenters. The fraction of sp³-hybridized carbons (Fsp3) is 0.440. The van der Waals surface area contributed by atoms with Gasteiger partial charge in [0.25, 0.3) is 0 Å². The lowest BCUT2D eigenvalue weighted by molar-refractivity contribution is -0.130. The molecule has 1 fully saturated rings. The predicted octanol–water partition coefficient (Wildman–Crippen LogP) is 3.10. The number of ether oxygens (including phenoxy) is 2. The first-order valence-electron chi connectivity index (χ1n) is 11.3. The van der Waals surface area contributed by atoms with Gasteiger partial charge in [-0.15, -0.1) is 0 Å². The molecule has 33 heavy (non-hydrogen) atoms. The van der Waals surface area contributed by atoms with Crippen LogP contribution in [0.1, 0.15) is 38.7 Å². The van der Waals surface area contributed by atoms with Crippen LogP contribution in [0.15, 0.2) is 54.6 Å². The molecule has 1 aliphatic rings. The molecule has 4 N–H and O–H groups in total. The third kappa shape index (κ3) is 8.07. The first-order valence-corrected chi connectivity index (χ1v) is 11.3. The third-order valence-corrected chi connectivity index (χ3v) is 5.34. The van der Waals surface area contributed by atoms with Crippen LogP contribution in [-0.2, 0) is 16.1 Å². The molecule has 8 nitrogen and oxygen atoms in total. The topological polar surface area (TPSA) is 109 Å². The molecule has 0 aliphatic carbocycles. The highest BCUT2D eigenvalue weighted by atomic mass is 16.5. The number of aliphatic hydroxyl groups is 1. The van der Waals surface area contributed by atoms with E-state index < -0.39 is 6.10 Å². The van der Waals surface area contributed by atoms with Gasteiger partial charge >= 0.3 is 6.03 Å². The Hall–Kier alpha value is -3.10. The molecule has 178 valence electrons. The second-order valence-corrected chi connectivity index (χ2v) is 8.48. The Morgan fingerprint density at radius 3 is 2.42 bits per heavy atom. The lowest BCUT2D eigenvalue weighted by atomic mass is 9.97. The molecule has 2 aromatic carbocycles. The monoisotopic (exact) mass is 455 g/mol. The summed E-state index contributed by atoms with van der Waals surface area (Å²) in [6.07, 6.45) is 0.637. The molecular weight excluding hydrogens is 422 g/mol. The van der Waals surface area contributed by atoms with Crippen LogP contribution >= 0.6 is 0 Å². The summed E-state index contributed by atoms with van der Waals surface area (Å²) in [7, 11) is 0. The zero-order valence-corrected chi connectivity index (χ0v) is 19.1. The molecule has 1 saturated heterocycles. The number of carbonyl (C=O) groups is 2. The maximum atomic E-state index is 12.4. The third-order valence-electron chi connectivity index (χ3n) is 5.34. The van der Waals surface area contributed by atoms with Gasteiger partial charge in [0, 0.05) is 12.6 Å². The zero-order valence-electron chi connectivity index (χ0n) is 19.1. The molecule has 0 aromatic heterocycles. The van der Waals surface area contributed by atoms with E-state index in [4.69, 9.17) is 9.47 Å². The number of amides is 3. The minimum Gasteiger partial charge on any atom is -0.457 e. The SMILES string of the molecule is CC(C)NC(=O)N[C@H]1CC[C@H](CC(=O)NCc2ccc(Oc3ccccc3)cc2)O[C@H]1CO. The van der Waals surface area contributed by atoms with Gasteiger partial charge in [0.15, 0.2) is 0 Å². The molecule has 0 saturated carbocycles. The summed E-state index contributed by atoms with van der Waals surface area (Å²) >= 11 is 0. The van der Waals surface area contributed by atoms with Crippen molar-refractivity contribution in [2.75, 3.05) is 6.61 Å². The number of benzene rings is 2. The van der Waals surface area contributed by atoms with Gasteiger partial charge in [-0.05, 0) is 56.5 Å². The number of hydrogen-bond donors (Lipinski definition) is 4. The summed E-state index contributed by atoms with van der Waals surface area (Å²) in [6, 6.07) is 16.6. The van der Waals surface area contributed by atoms with Crippen LogP contribution < -0.4 is 20.7 Å². The van der Waals surface area contributed by atoms with Crippen LogP contribution in [-0.4, -0.2) is 47.9 Å². The second kappa shape index (κ2) is 12.2. The number of nitrogens with one attached hydrogen (secondary N) is 3. The van der Waals surface area contributed by atoms with Gasteiger partial charge in [-0.25, -0.2) is 4.79 Å². The summed E-state index contributed by atoms with van der Waals surface area (Å²) in [6.45, 7) is 3.94. The smallest absolute Gasteiger partial charge is 0.315 e. The molecule has 2 aromatic rings. The van der Waals surface area contributed by atoms with Crippen molar-refractivity contribution < 1.29 is 24.2 Å². The lowest BCUT2D eigenvalue weighted by Crippen LogP contribution is -2.54. The number of urea groups is 1. The normalized spacial score (nSPS) is 20.2. The van der Waals surface area contributed by atoms with Gasteiger partial charge in [-0.2, -0.15) is 0 Å². The van der Waals surface area contributed by atoms with E-state index in [9.17, 15) is 14.7 Å². The Balaban J connectivity index is 1.41. The van der Waals surface area contributed by atoms with Crippen LogP contribution in [0.2, 0.25) is 0 Å². The van der Waals surface area contributed by atoms with Gasteiger partial charge < -0.3 is 30.5 Å². The zero-order chi connectivity index (χ0) is 23.6. The minimum atomic E-state index is -0.536. The summed E-state index contributed by atoms with van der Waals surface area (Å²) < 4.78 is 11.7. The average molecular weight is 456 g/mol. The van der Waals surface area contributed by atoms with Gasteiger partial charge in [-0.1, -0.05) is 30.3 Å². The Bertz CT molecular complexity index is 889. The van der Waals surface area contributed by atoms with E-state index in [1.165, 1.54) is 0 Å². The molecular formula is C25H33N3O5. The fourth-order valence-corrected chi connectivity index (χ4v) is 3.70. The summed E-state index contributed by atoms with van der Waals surface area (Å²) in [5, 5.41) is 18.2. The van der Waals surface area contributed by atoms with Gasteiger partial charge in [0.1, 0.15) is 17.6 Å². The quantitative estimate of drug-likeness (QED) is 0.465. The molecule has 1 aliphatic heterocycles. The van der Waals surface area contributed by atoms with E-state index in [1.807, 2.05) is 68.4 Å². The number of rotatable bonds is 9. The second-order valence-electron chi connectivity index (χ2n) is 8.48. The lowest BCUT2D eigenvalue weighted by Gasteiger charge is -2.36. The number of hydrogen-bond acceptors (Lipinski definition) is 5. The van der Waals surface area contributed by atoms with E-state index in [2.05, 4.69) is 16.0 Å². The molecule has 0 unspecified atom stereocenters. The van der Waals surface area contributed by atoms with Crippen LogP contribution in [0, 0.1) is 0 Å². The molecule has 0 spiro atoms. The van der Waals surface area contributed by atoms with Crippen LogP contribution in [0.5, 0.6) is 11.5 Å². The molecule has 3 amide bonds. The van der Waals surface area contributed by atoms with Crippen LogP contribution in [0.3, 0.4) is 0 Å². The van der Waals surface area contributed by atoms with Crippen LogP contribution in [0.4, 0.5) is 4.79 Å². The highest BCUT2D eigenvalue weighted by Crippen LogP contribution is 2.23. The fourth-order valence-electron chi connectivity index (χ4n) is 3.70. The standard InChI is InChI=1S/C25H33N3O5/c1-17(2)27-25(31)28-22-13-12-21(33-23(22)16-29)14-24(30)26-15-18-8-10-20(11-9-18)32-19-6-4-3-5-7-19/h3-11,17,21-23,29H,12-16H2,1-2H3,(H,26,30)(H2,27,28,31)/t21-,22+,23+/m1/s1. The number of carbonyl (C=O) groups excluding carboxylic acids is 2. The van der Waals surface area contributed by atoms with Crippen molar-refractivity contribution in [3.8, 4) is 11.5 Å². The highest BCUT2D eigenvalue weighted by molar-refractivity contribution is 5.76. The molecule has 8 heteroatoms. The number of para-hydroxylation sites is 1. The van der Waals surface area contributed by atoms with Crippen LogP contribution in [0.25, 0.3) is 0 Å². The van der Waals surface area contributed by atoms with E-state index in [1.54, 1.807) is 0 Å². The van der Waals surface area contributed by atoms with Crippen molar-refractivity contribution in [2.24, 2.45) is 0 Å². The molecule has 0 radical (unpaired) electrons. The van der Waals surface area contributed by atoms with E-state index in [0.29, 0.717) is 19.4 Å². The van der Waals surface area contributed by atoms with E-state index in [0.717, 1.165) is 17.1 Å². The summed E-state index contributed by atoms with van der Waals surface area (Å²) in [4.78, 5) is 24.4. The van der Waals surface area contributed by atoms with Gasteiger partial charge in [-0.3, -0.25) is 4.79 Å².